The maximum absolute atomic E-state index is 14.1. The molecular formula is C15H21FN2S. The number of likely N-dealkylation sites (tertiary alicyclic amines) is 1. The Labute approximate surface area is 119 Å². The molecule has 1 aliphatic heterocycles. The molecule has 1 aromatic rings. The van der Waals surface area contributed by atoms with Crippen LogP contribution in [0, 0.1) is 11.7 Å². The van der Waals surface area contributed by atoms with Crippen molar-refractivity contribution >= 4 is 17.2 Å². The number of hydrogen-bond donors (Lipinski definition) is 1. The molecule has 0 aliphatic carbocycles. The third-order valence-corrected chi connectivity index (χ3v) is 4.13. The van der Waals surface area contributed by atoms with Gasteiger partial charge in [-0.25, -0.2) is 4.39 Å². The Morgan fingerprint density at radius 2 is 2.26 bits per heavy atom. The van der Waals surface area contributed by atoms with Crippen molar-refractivity contribution in [3.63, 3.8) is 0 Å². The average molecular weight is 280 g/mol. The van der Waals surface area contributed by atoms with Gasteiger partial charge in [0.25, 0.3) is 0 Å². The molecule has 1 atom stereocenters. The van der Waals surface area contributed by atoms with Crippen LogP contribution in [0.5, 0.6) is 0 Å². The minimum absolute atomic E-state index is 0.209. The summed E-state index contributed by atoms with van der Waals surface area (Å²) in [5.74, 6) is 0.404. The first-order valence-electron chi connectivity index (χ1n) is 6.81. The van der Waals surface area contributed by atoms with E-state index in [9.17, 15) is 4.39 Å². The molecule has 19 heavy (non-hydrogen) atoms. The van der Waals surface area contributed by atoms with Gasteiger partial charge in [-0.05, 0) is 31.4 Å². The molecule has 0 aromatic heterocycles. The molecule has 4 heteroatoms. The fourth-order valence-corrected chi connectivity index (χ4v) is 2.98. The number of halogens is 1. The van der Waals surface area contributed by atoms with Gasteiger partial charge in [0.2, 0.25) is 0 Å². The van der Waals surface area contributed by atoms with Crippen molar-refractivity contribution in [3.05, 3.63) is 35.1 Å². The Kier molecular flexibility index (Phi) is 4.53. The van der Waals surface area contributed by atoms with Gasteiger partial charge in [0, 0.05) is 23.7 Å². The number of thiocarbonyl (C=S) groups is 1. The smallest absolute Gasteiger partial charge is 0.128 e. The lowest BCUT2D eigenvalue weighted by atomic mass is 10.0. The van der Waals surface area contributed by atoms with E-state index in [1.54, 1.807) is 12.1 Å². The number of nitrogens with two attached hydrogens (primary N) is 1. The highest BCUT2D eigenvalue weighted by Crippen LogP contribution is 2.26. The van der Waals surface area contributed by atoms with Crippen LogP contribution in [0.4, 0.5) is 4.39 Å². The van der Waals surface area contributed by atoms with Crippen LogP contribution >= 0.6 is 12.2 Å². The van der Waals surface area contributed by atoms with Crippen molar-refractivity contribution in [1.82, 2.24) is 4.90 Å². The van der Waals surface area contributed by atoms with Gasteiger partial charge in [-0.1, -0.05) is 38.2 Å². The number of benzene rings is 1. The molecule has 0 amide bonds. The van der Waals surface area contributed by atoms with E-state index < -0.39 is 0 Å². The maximum atomic E-state index is 14.1. The van der Waals surface area contributed by atoms with Crippen molar-refractivity contribution in [3.8, 4) is 0 Å². The zero-order chi connectivity index (χ0) is 14.0. The van der Waals surface area contributed by atoms with E-state index in [1.807, 2.05) is 0 Å². The third kappa shape index (κ3) is 3.31. The molecule has 2 nitrogen and oxygen atoms in total. The molecule has 1 unspecified atom stereocenters. The minimum atomic E-state index is -0.209. The molecule has 2 rings (SSSR count). The number of nitrogens with zero attached hydrogens (tertiary/aromatic N) is 1. The second-order valence-electron chi connectivity index (χ2n) is 5.59. The molecule has 1 saturated heterocycles. The van der Waals surface area contributed by atoms with Crippen molar-refractivity contribution in [2.45, 2.75) is 39.3 Å². The van der Waals surface area contributed by atoms with Crippen LogP contribution in [0.15, 0.2) is 18.2 Å². The second-order valence-corrected chi connectivity index (χ2v) is 6.03. The second kappa shape index (κ2) is 5.97. The van der Waals surface area contributed by atoms with Gasteiger partial charge in [-0.3, -0.25) is 4.90 Å². The fraction of sp³-hybridized carbons (Fsp3) is 0.533. The molecule has 0 bridgehead atoms. The number of hydrogen-bond acceptors (Lipinski definition) is 2. The van der Waals surface area contributed by atoms with Gasteiger partial charge in [-0.15, -0.1) is 0 Å². The Hall–Kier alpha value is -1.00. The first-order chi connectivity index (χ1) is 8.99. The lowest BCUT2D eigenvalue weighted by molar-refractivity contribution is 0.196. The highest BCUT2D eigenvalue weighted by molar-refractivity contribution is 7.80. The van der Waals surface area contributed by atoms with E-state index in [-0.39, 0.29) is 10.8 Å². The summed E-state index contributed by atoms with van der Waals surface area (Å²) in [5, 5.41) is 0. The summed E-state index contributed by atoms with van der Waals surface area (Å²) in [6.07, 6.45) is 2.42. The van der Waals surface area contributed by atoms with Gasteiger partial charge in [0.1, 0.15) is 10.8 Å². The molecule has 1 heterocycles. The normalized spacial score (nSPS) is 20.1. The van der Waals surface area contributed by atoms with Crippen molar-refractivity contribution < 1.29 is 4.39 Å². The van der Waals surface area contributed by atoms with Crippen LogP contribution in [0.3, 0.4) is 0 Å². The van der Waals surface area contributed by atoms with Crippen LogP contribution < -0.4 is 5.73 Å². The summed E-state index contributed by atoms with van der Waals surface area (Å²) in [4.78, 5) is 2.62. The predicted octanol–water partition coefficient (Wildman–Crippen LogP) is 3.08. The fourth-order valence-electron chi connectivity index (χ4n) is 2.85. The summed E-state index contributed by atoms with van der Waals surface area (Å²) in [6, 6.07) is 5.62. The topological polar surface area (TPSA) is 29.3 Å². The van der Waals surface area contributed by atoms with Crippen molar-refractivity contribution in [1.29, 1.82) is 0 Å². The van der Waals surface area contributed by atoms with E-state index in [2.05, 4.69) is 18.7 Å². The quantitative estimate of drug-likeness (QED) is 0.859. The van der Waals surface area contributed by atoms with E-state index in [0.717, 1.165) is 12.1 Å². The monoisotopic (exact) mass is 280 g/mol. The molecule has 0 radical (unpaired) electrons. The van der Waals surface area contributed by atoms with Crippen LogP contribution in [-0.2, 0) is 6.54 Å². The Balaban J connectivity index is 2.13. The van der Waals surface area contributed by atoms with Crippen LogP contribution in [-0.4, -0.2) is 22.5 Å². The first kappa shape index (κ1) is 14.4. The molecule has 2 N–H and O–H groups in total. The molecule has 0 saturated carbocycles. The van der Waals surface area contributed by atoms with Crippen LogP contribution in [0.25, 0.3) is 0 Å². The Morgan fingerprint density at radius 3 is 2.84 bits per heavy atom. The van der Waals surface area contributed by atoms with Crippen molar-refractivity contribution in [2.24, 2.45) is 11.7 Å². The lowest BCUT2D eigenvalue weighted by Crippen LogP contribution is -2.33. The SMILES string of the molecule is CC(C)C1CCCN1Cc1ccc(C(N)=S)cc1F. The summed E-state index contributed by atoms with van der Waals surface area (Å²) < 4.78 is 14.1. The predicted molar refractivity (Wildman–Crippen MR) is 80.6 cm³/mol. The standard InChI is InChI=1S/C15H21FN2S/c1-10(2)14-4-3-7-18(14)9-12-6-5-11(15(17)19)8-13(12)16/h5-6,8,10,14H,3-4,7,9H2,1-2H3,(H2,17,19). The highest BCUT2D eigenvalue weighted by atomic mass is 32.1. The maximum Gasteiger partial charge on any atom is 0.128 e. The van der Waals surface area contributed by atoms with Gasteiger partial charge in [0.15, 0.2) is 0 Å². The molecule has 1 aromatic carbocycles. The zero-order valence-corrected chi connectivity index (χ0v) is 12.3. The zero-order valence-electron chi connectivity index (χ0n) is 11.5. The lowest BCUT2D eigenvalue weighted by Gasteiger charge is -2.27. The molecule has 1 aliphatic rings. The van der Waals surface area contributed by atoms with Gasteiger partial charge in [-0.2, -0.15) is 0 Å². The Morgan fingerprint density at radius 1 is 1.53 bits per heavy atom. The summed E-state index contributed by atoms with van der Waals surface area (Å²) >= 11 is 4.86. The summed E-state index contributed by atoms with van der Waals surface area (Å²) in [6.45, 7) is 6.19. The third-order valence-electron chi connectivity index (χ3n) is 3.89. The summed E-state index contributed by atoms with van der Waals surface area (Å²) in [7, 11) is 0. The highest BCUT2D eigenvalue weighted by Gasteiger charge is 2.27. The van der Waals surface area contributed by atoms with Gasteiger partial charge in [0.05, 0.1) is 0 Å². The molecule has 104 valence electrons. The van der Waals surface area contributed by atoms with E-state index in [0.29, 0.717) is 24.1 Å². The largest absolute Gasteiger partial charge is 0.389 e. The first-order valence-corrected chi connectivity index (χ1v) is 7.22. The van der Waals surface area contributed by atoms with Gasteiger partial charge >= 0.3 is 0 Å². The van der Waals surface area contributed by atoms with Crippen molar-refractivity contribution in [2.75, 3.05) is 6.54 Å². The van der Waals surface area contributed by atoms with Crippen LogP contribution in [0.1, 0.15) is 37.8 Å². The molecule has 0 spiro atoms. The van der Waals surface area contributed by atoms with E-state index >= 15 is 0 Å². The minimum Gasteiger partial charge on any atom is -0.389 e. The molecule has 1 fully saturated rings. The van der Waals surface area contributed by atoms with Gasteiger partial charge < -0.3 is 5.73 Å². The number of rotatable bonds is 4. The van der Waals surface area contributed by atoms with Crippen LogP contribution in [0.2, 0.25) is 0 Å². The summed E-state index contributed by atoms with van der Waals surface area (Å²) in [5.41, 5.74) is 6.84. The molecular weight excluding hydrogens is 259 g/mol. The van der Waals surface area contributed by atoms with E-state index in [4.69, 9.17) is 18.0 Å². The average Bonchev–Trinajstić information content (AvgIpc) is 2.79. The Bertz CT molecular complexity index is 473. The van der Waals surface area contributed by atoms with E-state index in [1.165, 1.54) is 18.9 Å².